The fourth-order valence-electron chi connectivity index (χ4n) is 1.97. The summed E-state index contributed by atoms with van der Waals surface area (Å²) >= 11 is 0.381. The Hall–Kier alpha value is -2.81. The maximum absolute atomic E-state index is 12.6. The fourth-order valence-corrected chi connectivity index (χ4v) is 2.57. The molecule has 0 unspecified atom stereocenters. The summed E-state index contributed by atoms with van der Waals surface area (Å²) < 4.78 is 26.6. The van der Waals surface area contributed by atoms with E-state index in [0.29, 0.717) is 33.7 Å². The van der Waals surface area contributed by atoms with Crippen LogP contribution in [-0.4, -0.2) is 31.4 Å². The van der Waals surface area contributed by atoms with Crippen LogP contribution in [-0.2, 0) is 0 Å². The maximum Gasteiger partial charge on any atom is 0.288 e. The van der Waals surface area contributed by atoms with Gasteiger partial charge >= 0.3 is 0 Å². The Kier molecular flexibility index (Phi) is 4.80. The van der Waals surface area contributed by atoms with Gasteiger partial charge in [0, 0.05) is 16.7 Å². The van der Waals surface area contributed by atoms with E-state index in [-0.39, 0.29) is 0 Å². The fraction of sp³-hybridized carbons (Fsp3) is 0.0667. The third kappa shape index (κ3) is 3.74. The average Bonchev–Trinajstić information content (AvgIpc) is 3.11. The summed E-state index contributed by atoms with van der Waals surface area (Å²) in [5.74, 6) is -2.57. The first-order valence-corrected chi connectivity index (χ1v) is 7.67. The van der Waals surface area contributed by atoms with Crippen molar-refractivity contribution >= 4 is 23.4 Å². The van der Waals surface area contributed by atoms with Crippen molar-refractivity contribution in [3.05, 3.63) is 60.8 Å². The molecule has 1 aromatic carbocycles. The summed E-state index contributed by atoms with van der Waals surface area (Å²) in [6, 6.07) is 9.46. The lowest BCUT2D eigenvalue weighted by molar-refractivity contribution is 0.102. The number of rotatable bonds is 5. The highest BCUT2D eigenvalue weighted by Crippen LogP contribution is 2.31. The lowest BCUT2D eigenvalue weighted by Gasteiger charge is -2.10. The van der Waals surface area contributed by atoms with Gasteiger partial charge in [0.1, 0.15) is 12.7 Å². The summed E-state index contributed by atoms with van der Waals surface area (Å²) in [6.07, 6.45) is 4.27. The van der Waals surface area contributed by atoms with Crippen LogP contribution in [0.1, 0.15) is 10.4 Å². The number of hydrogen-bond donors (Lipinski definition) is 1. The molecule has 3 rings (SSSR count). The molecule has 1 N–H and O–H groups in total. The zero-order chi connectivity index (χ0) is 16.9. The van der Waals surface area contributed by atoms with Crippen molar-refractivity contribution in [3.8, 4) is 5.82 Å². The third-order valence-electron chi connectivity index (χ3n) is 3.01. The Bertz CT molecular complexity index is 841. The van der Waals surface area contributed by atoms with Crippen molar-refractivity contribution in [1.82, 2.24) is 19.7 Å². The molecule has 0 aliphatic heterocycles. The van der Waals surface area contributed by atoms with E-state index in [1.165, 1.54) is 41.7 Å². The number of carbonyl (C=O) groups excluding carboxylic acids is 1. The number of carbonyl (C=O) groups is 1. The predicted molar refractivity (Wildman–Crippen MR) is 85.4 cm³/mol. The monoisotopic (exact) mass is 347 g/mol. The molecule has 0 aliphatic rings. The first kappa shape index (κ1) is 16.1. The van der Waals surface area contributed by atoms with Crippen LogP contribution in [0.2, 0.25) is 0 Å². The van der Waals surface area contributed by atoms with E-state index in [9.17, 15) is 13.6 Å². The molecule has 0 saturated carbocycles. The van der Waals surface area contributed by atoms with Gasteiger partial charge in [0.15, 0.2) is 5.82 Å². The van der Waals surface area contributed by atoms with Gasteiger partial charge in [-0.2, -0.15) is 13.9 Å². The van der Waals surface area contributed by atoms with Crippen molar-refractivity contribution in [2.45, 2.75) is 10.7 Å². The van der Waals surface area contributed by atoms with Crippen LogP contribution < -0.4 is 5.32 Å². The summed E-state index contributed by atoms with van der Waals surface area (Å²) in [7, 11) is 0. The first-order valence-electron chi connectivity index (χ1n) is 6.80. The highest BCUT2D eigenvalue weighted by atomic mass is 32.2. The molecular formula is C15H11F2N5OS. The van der Waals surface area contributed by atoms with Crippen molar-refractivity contribution in [1.29, 1.82) is 0 Å². The van der Waals surface area contributed by atoms with Crippen molar-refractivity contribution in [3.63, 3.8) is 0 Å². The normalized spacial score (nSPS) is 10.8. The summed E-state index contributed by atoms with van der Waals surface area (Å²) in [5, 5.41) is 6.58. The van der Waals surface area contributed by atoms with Gasteiger partial charge in [0.25, 0.3) is 11.7 Å². The Balaban J connectivity index is 1.82. The number of para-hydroxylation sites is 1. The van der Waals surface area contributed by atoms with Gasteiger partial charge in [0.2, 0.25) is 0 Å². The van der Waals surface area contributed by atoms with E-state index in [1.54, 1.807) is 18.2 Å². The number of thioether (sulfide) groups is 1. The standard InChI is InChI=1S/C15H11F2N5OS/c16-15(17)24-12-4-2-1-3-11(12)21-14(23)10-5-6-19-13(7-10)22-9-18-8-20-22/h1-9,15H,(H,21,23). The number of alkyl halides is 2. The molecule has 2 aromatic heterocycles. The van der Waals surface area contributed by atoms with Crippen LogP contribution in [0.25, 0.3) is 5.82 Å². The average molecular weight is 347 g/mol. The number of nitrogens with one attached hydrogen (secondary N) is 1. The van der Waals surface area contributed by atoms with Gasteiger partial charge in [-0.15, -0.1) is 0 Å². The van der Waals surface area contributed by atoms with Crippen molar-refractivity contribution in [2.24, 2.45) is 0 Å². The number of benzene rings is 1. The van der Waals surface area contributed by atoms with Crippen LogP contribution in [0.4, 0.5) is 14.5 Å². The SMILES string of the molecule is O=C(Nc1ccccc1SC(F)F)c1ccnc(-n2cncn2)c1. The largest absolute Gasteiger partial charge is 0.321 e. The highest BCUT2D eigenvalue weighted by molar-refractivity contribution is 7.99. The molecule has 0 spiro atoms. The lowest BCUT2D eigenvalue weighted by atomic mass is 10.2. The lowest BCUT2D eigenvalue weighted by Crippen LogP contribution is -2.13. The highest BCUT2D eigenvalue weighted by Gasteiger charge is 2.13. The number of aromatic nitrogens is 4. The second-order valence-corrected chi connectivity index (χ2v) is 5.60. The third-order valence-corrected chi connectivity index (χ3v) is 3.80. The van der Waals surface area contributed by atoms with E-state index in [0.717, 1.165) is 0 Å². The smallest absolute Gasteiger partial charge is 0.288 e. The zero-order valence-electron chi connectivity index (χ0n) is 12.1. The Morgan fingerprint density at radius 2 is 2.08 bits per heavy atom. The Morgan fingerprint density at radius 3 is 2.83 bits per heavy atom. The molecule has 6 nitrogen and oxygen atoms in total. The number of anilines is 1. The summed E-state index contributed by atoms with van der Waals surface area (Å²) in [5.41, 5.74) is 0.652. The van der Waals surface area contributed by atoms with Crippen LogP contribution >= 0.6 is 11.8 Å². The Morgan fingerprint density at radius 1 is 1.25 bits per heavy atom. The molecule has 24 heavy (non-hydrogen) atoms. The van der Waals surface area contributed by atoms with Crippen LogP contribution in [0.3, 0.4) is 0 Å². The summed E-state index contributed by atoms with van der Waals surface area (Å²) in [4.78, 5) is 20.6. The molecule has 3 aromatic rings. The molecule has 0 bridgehead atoms. The quantitative estimate of drug-likeness (QED) is 0.718. The van der Waals surface area contributed by atoms with Gasteiger partial charge in [-0.3, -0.25) is 4.79 Å². The minimum absolute atomic E-state index is 0.298. The zero-order valence-corrected chi connectivity index (χ0v) is 13.0. The number of amides is 1. The number of pyridine rings is 1. The topological polar surface area (TPSA) is 72.7 Å². The predicted octanol–water partition coefficient (Wildman–Crippen LogP) is 3.23. The number of halogens is 2. The van der Waals surface area contributed by atoms with Crippen LogP contribution in [0.15, 0.2) is 60.1 Å². The van der Waals surface area contributed by atoms with E-state index >= 15 is 0 Å². The molecule has 0 saturated heterocycles. The molecule has 0 radical (unpaired) electrons. The Labute approximate surface area is 139 Å². The molecule has 2 heterocycles. The number of nitrogens with zero attached hydrogens (tertiary/aromatic N) is 4. The molecule has 0 aliphatic carbocycles. The number of hydrogen-bond acceptors (Lipinski definition) is 5. The van der Waals surface area contributed by atoms with Gasteiger partial charge in [0.05, 0.1) is 5.69 Å². The van der Waals surface area contributed by atoms with E-state index < -0.39 is 11.7 Å². The van der Waals surface area contributed by atoms with Gasteiger partial charge < -0.3 is 5.32 Å². The maximum atomic E-state index is 12.6. The molecule has 1 amide bonds. The van der Waals surface area contributed by atoms with Crippen LogP contribution in [0, 0.1) is 0 Å². The molecule has 0 atom stereocenters. The van der Waals surface area contributed by atoms with Gasteiger partial charge in [-0.05, 0) is 24.3 Å². The van der Waals surface area contributed by atoms with E-state index in [1.807, 2.05) is 0 Å². The molecular weight excluding hydrogens is 336 g/mol. The second kappa shape index (κ2) is 7.18. The second-order valence-electron chi connectivity index (χ2n) is 4.57. The van der Waals surface area contributed by atoms with Crippen molar-refractivity contribution in [2.75, 3.05) is 5.32 Å². The molecule has 122 valence electrons. The van der Waals surface area contributed by atoms with Gasteiger partial charge in [-0.25, -0.2) is 14.6 Å². The molecule has 0 fully saturated rings. The van der Waals surface area contributed by atoms with E-state index in [4.69, 9.17) is 0 Å². The van der Waals surface area contributed by atoms with E-state index in [2.05, 4.69) is 20.4 Å². The summed E-state index contributed by atoms with van der Waals surface area (Å²) in [6.45, 7) is 0. The minimum Gasteiger partial charge on any atom is -0.321 e. The van der Waals surface area contributed by atoms with Crippen molar-refractivity contribution < 1.29 is 13.6 Å². The van der Waals surface area contributed by atoms with Crippen LogP contribution in [0.5, 0.6) is 0 Å². The first-order chi connectivity index (χ1) is 11.6. The molecule has 9 heteroatoms. The minimum atomic E-state index is -2.57. The van der Waals surface area contributed by atoms with Gasteiger partial charge in [-0.1, -0.05) is 23.9 Å².